The van der Waals surface area contributed by atoms with Crippen LogP contribution in [0.1, 0.15) is 101 Å². The summed E-state index contributed by atoms with van der Waals surface area (Å²) in [5.41, 5.74) is 27.6. The summed E-state index contributed by atoms with van der Waals surface area (Å²) in [5.74, 6) is 0. The van der Waals surface area contributed by atoms with Crippen LogP contribution < -0.4 is 52.8 Å². The average Bonchev–Trinajstić information content (AvgIpc) is 3.78. The van der Waals surface area contributed by atoms with Gasteiger partial charge in [0.25, 0.3) is 13.4 Å². The highest BCUT2D eigenvalue weighted by molar-refractivity contribution is 14.1. The number of nitrogens with zero attached hydrogens (tertiary/aromatic N) is 4. The van der Waals surface area contributed by atoms with E-state index in [1.807, 2.05) is 0 Å². The molecule has 9 heteroatoms. The number of hydrogen-bond donors (Lipinski definition) is 0. The van der Waals surface area contributed by atoms with Crippen LogP contribution in [-0.2, 0) is 25.7 Å². The fraction of sp³-hybridized carbons (Fsp3) is 0.258. The zero-order chi connectivity index (χ0) is 48.1. The van der Waals surface area contributed by atoms with Crippen molar-refractivity contribution in [1.29, 1.82) is 0 Å². The lowest BCUT2D eigenvalue weighted by atomic mass is 9.35. The largest absolute Gasteiger partial charge is 0.480 e. The van der Waals surface area contributed by atoms with Crippen molar-refractivity contribution in [1.82, 2.24) is 0 Å². The molecule has 7 aromatic carbocycles. The molecule has 0 fully saturated rings. The molecule has 352 valence electrons. The molecule has 0 radical (unpaired) electrons. The van der Waals surface area contributed by atoms with Crippen LogP contribution in [0.25, 0.3) is 0 Å². The highest BCUT2D eigenvalue weighted by atomic mass is 127. The van der Waals surface area contributed by atoms with Crippen LogP contribution in [0.5, 0.6) is 0 Å². The maximum Gasteiger partial charge on any atom is 0.297 e. The maximum absolute atomic E-state index is 7.99. The number of aryl methyl sites for hydroxylation is 4. The van der Waals surface area contributed by atoms with Crippen molar-refractivity contribution in [2.24, 2.45) is 0 Å². The van der Waals surface area contributed by atoms with E-state index in [0.29, 0.717) is 0 Å². The summed E-state index contributed by atoms with van der Waals surface area (Å²) >= 11 is 4.97. The molecule has 6 heterocycles. The predicted octanol–water partition coefficient (Wildman–Crippen LogP) is 14.3. The molecule has 0 unspecified atom stereocenters. The number of unbranched alkanes of at least 4 members (excludes halogenated alkanes) is 4. The van der Waals surface area contributed by atoms with Crippen molar-refractivity contribution in [2.45, 2.75) is 105 Å². The van der Waals surface area contributed by atoms with Gasteiger partial charge in [0.2, 0.25) is 0 Å². The van der Waals surface area contributed by atoms with E-state index < -0.39 is 0 Å². The van der Waals surface area contributed by atoms with E-state index >= 15 is 0 Å². The molecule has 71 heavy (non-hydrogen) atoms. The van der Waals surface area contributed by atoms with E-state index in [0.717, 1.165) is 49.8 Å². The summed E-state index contributed by atoms with van der Waals surface area (Å²) in [5, 5.41) is 0. The quantitative estimate of drug-likeness (QED) is 0.0799. The SMILES string of the molecule is CCCCc1cc(CCCC)cc(N2c3cc(CCCC)ccc3B3c4oc5c6c4N(c4ccccc4N6c4cccc6c4B5c4cc(CCCC)ccc4N6c4cc(I)cc(I)c4)c4cccc2c43)c1. The Labute approximate surface area is 448 Å². The molecule has 5 aliphatic heterocycles. The number of anilines is 12. The fourth-order valence-corrected chi connectivity index (χ4v) is 14.6. The van der Waals surface area contributed by atoms with E-state index in [2.05, 4.69) is 226 Å². The molecule has 0 saturated carbocycles. The normalized spacial score (nSPS) is 14.0. The van der Waals surface area contributed by atoms with Crippen LogP contribution in [-0.4, -0.2) is 13.4 Å². The Bertz CT molecular complexity index is 3390. The number of benzene rings is 7. The second-order valence-electron chi connectivity index (χ2n) is 20.5. The summed E-state index contributed by atoms with van der Waals surface area (Å²) in [4.78, 5) is 10.3. The zero-order valence-electron chi connectivity index (χ0n) is 41.3. The molecule has 0 N–H and O–H groups in total. The second-order valence-corrected chi connectivity index (χ2v) is 23.0. The van der Waals surface area contributed by atoms with Crippen molar-refractivity contribution in [2.75, 3.05) is 19.6 Å². The smallest absolute Gasteiger partial charge is 0.297 e. The number of halogens is 2. The number of fused-ring (bicyclic) bond motifs is 11. The summed E-state index contributed by atoms with van der Waals surface area (Å²) in [6.07, 6.45) is 13.7. The lowest BCUT2D eigenvalue weighted by Gasteiger charge is -2.48. The maximum atomic E-state index is 7.99. The lowest BCUT2D eigenvalue weighted by Crippen LogP contribution is -2.61. The van der Waals surface area contributed by atoms with Crippen LogP contribution in [0.4, 0.5) is 68.2 Å². The van der Waals surface area contributed by atoms with Gasteiger partial charge >= 0.3 is 0 Å². The van der Waals surface area contributed by atoms with Gasteiger partial charge in [-0.25, -0.2) is 0 Å². The van der Waals surface area contributed by atoms with Crippen molar-refractivity contribution in [3.05, 3.63) is 163 Å². The van der Waals surface area contributed by atoms with Gasteiger partial charge in [-0.3, -0.25) is 0 Å². The molecule has 13 rings (SSSR count). The average molecular weight is 1150 g/mol. The molecule has 0 saturated heterocycles. The first-order chi connectivity index (χ1) is 34.9. The highest BCUT2D eigenvalue weighted by Gasteiger charge is 2.55. The topological polar surface area (TPSA) is 26.1 Å². The molecule has 0 atom stereocenters. The molecule has 5 nitrogen and oxygen atoms in total. The minimum absolute atomic E-state index is 0.106. The van der Waals surface area contributed by atoms with E-state index in [1.165, 1.54) is 158 Å². The van der Waals surface area contributed by atoms with E-state index in [-0.39, 0.29) is 13.4 Å². The van der Waals surface area contributed by atoms with Gasteiger partial charge in [-0.15, -0.1) is 0 Å². The van der Waals surface area contributed by atoms with Gasteiger partial charge in [-0.1, -0.05) is 108 Å². The first-order valence-corrected chi connectivity index (χ1v) is 28.6. The third-order valence-corrected chi connectivity index (χ3v) is 17.1. The Kier molecular flexibility index (Phi) is 11.7. The molecular formula is C62H58B2I2N4O. The molecule has 5 aliphatic rings. The van der Waals surface area contributed by atoms with Gasteiger partial charge in [0.1, 0.15) is 11.4 Å². The molecule has 8 aromatic rings. The zero-order valence-corrected chi connectivity index (χ0v) is 45.6. The standard InChI is InChI=1S/C62H58B2I2N4O/c1-5-9-17-39-28-30-49-48(34-39)64-58-52(67(49)46-37-43(65)36-44(66)38-46)23-15-26-55(58)70-51-22-14-13-21-50(51)69-54-25-16-24-53-57(54)63(61-59(69)60(70)62(64)71-61)47-29-27-40(18-10-6-2)35-56(47)68(53)45-32-41(19-11-7-3)31-42(33-45)20-12-8-4/h13-16,21-38H,5-12,17-20H2,1-4H3. The minimum atomic E-state index is -0.106. The number of hydrogen-bond acceptors (Lipinski definition) is 5. The van der Waals surface area contributed by atoms with Crippen LogP contribution in [0.3, 0.4) is 0 Å². The third-order valence-electron chi connectivity index (χ3n) is 15.9. The Balaban J connectivity index is 1.08. The Morgan fingerprint density at radius 3 is 1.38 bits per heavy atom. The summed E-state index contributed by atoms with van der Waals surface area (Å²) in [6.45, 7) is 9.01. The third kappa shape index (κ3) is 7.20. The molecule has 1 aromatic heterocycles. The first kappa shape index (κ1) is 45.5. The Morgan fingerprint density at radius 1 is 0.380 bits per heavy atom. The molecular weight excluding hydrogens is 1090 g/mol. The number of para-hydroxylation sites is 2. The van der Waals surface area contributed by atoms with Gasteiger partial charge in [0.15, 0.2) is 0 Å². The summed E-state index contributed by atoms with van der Waals surface area (Å²) in [6, 6.07) is 52.3. The summed E-state index contributed by atoms with van der Waals surface area (Å²) in [7, 11) is 0. The monoisotopic (exact) mass is 1150 g/mol. The van der Waals surface area contributed by atoms with Crippen molar-refractivity contribution in [3.63, 3.8) is 0 Å². The summed E-state index contributed by atoms with van der Waals surface area (Å²) < 4.78 is 10.5. The molecule has 0 spiro atoms. The highest BCUT2D eigenvalue weighted by Crippen LogP contribution is 2.58. The number of rotatable bonds is 14. The van der Waals surface area contributed by atoms with Crippen molar-refractivity contribution in [3.8, 4) is 0 Å². The first-order valence-electron chi connectivity index (χ1n) is 26.4. The molecule has 0 amide bonds. The van der Waals surface area contributed by atoms with E-state index in [4.69, 9.17) is 4.42 Å². The predicted molar refractivity (Wildman–Crippen MR) is 320 cm³/mol. The van der Waals surface area contributed by atoms with Crippen LogP contribution in [0.15, 0.2) is 138 Å². The fourth-order valence-electron chi connectivity index (χ4n) is 12.7. The van der Waals surface area contributed by atoms with Crippen molar-refractivity contribution >= 4 is 160 Å². The minimum Gasteiger partial charge on any atom is -0.480 e. The lowest BCUT2D eigenvalue weighted by molar-refractivity contribution is 0.634. The van der Waals surface area contributed by atoms with E-state index in [9.17, 15) is 0 Å². The van der Waals surface area contributed by atoms with Gasteiger partial charge < -0.3 is 24.0 Å². The van der Waals surface area contributed by atoms with Crippen LogP contribution in [0.2, 0.25) is 0 Å². The van der Waals surface area contributed by atoms with E-state index in [1.54, 1.807) is 0 Å². The van der Waals surface area contributed by atoms with Gasteiger partial charge in [0, 0.05) is 52.6 Å². The van der Waals surface area contributed by atoms with Crippen molar-refractivity contribution < 1.29 is 4.42 Å². The Morgan fingerprint density at radius 2 is 0.831 bits per heavy atom. The Hall–Kier alpha value is -5.39. The van der Waals surface area contributed by atoms with Crippen LogP contribution >= 0.6 is 45.2 Å². The molecule has 0 aliphatic carbocycles. The van der Waals surface area contributed by atoms with Crippen LogP contribution in [0, 0.1) is 7.14 Å². The van der Waals surface area contributed by atoms with Gasteiger partial charge in [-0.2, -0.15) is 0 Å². The molecule has 0 bridgehead atoms. The van der Waals surface area contributed by atoms with Gasteiger partial charge in [-0.05, 0) is 220 Å². The number of furan rings is 1. The van der Waals surface area contributed by atoms with Gasteiger partial charge in [0.05, 0.1) is 22.7 Å². The second kappa shape index (κ2) is 18.3.